The van der Waals surface area contributed by atoms with Gasteiger partial charge in [0.05, 0.1) is 11.6 Å². The molecule has 1 heterocycles. The smallest absolute Gasteiger partial charge is 0.335 e. The number of rotatable bonds is 5. The van der Waals surface area contributed by atoms with E-state index >= 15 is 0 Å². The van der Waals surface area contributed by atoms with Crippen molar-refractivity contribution in [3.63, 3.8) is 0 Å². The fourth-order valence-corrected chi connectivity index (χ4v) is 2.60. The van der Waals surface area contributed by atoms with Gasteiger partial charge in [0.25, 0.3) is 0 Å². The summed E-state index contributed by atoms with van der Waals surface area (Å²) in [4.78, 5) is 25.2. The minimum atomic E-state index is -0.913. The maximum absolute atomic E-state index is 12.0. The van der Waals surface area contributed by atoms with Gasteiger partial charge in [-0.15, -0.1) is 0 Å². The Bertz CT molecular complexity index is 542. The Kier molecular flexibility index (Phi) is 4.96. The van der Waals surface area contributed by atoms with Crippen molar-refractivity contribution in [2.24, 2.45) is 0 Å². The summed E-state index contributed by atoms with van der Waals surface area (Å²) in [6, 6.07) is 5.06. The number of nitrogens with one attached hydrogen (secondary N) is 1. The zero-order valence-corrected chi connectivity index (χ0v) is 12.6. The predicted molar refractivity (Wildman–Crippen MR) is 80.3 cm³/mol. The van der Waals surface area contributed by atoms with Gasteiger partial charge in [-0.3, -0.25) is 9.69 Å². The molecule has 1 aliphatic heterocycles. The van der Waals surface area contributed by atoms with E-state index in [1.165, 1.54) is 5.56 Å². The molecule has 5 nitrogen and oxygen atoms in total. The van der Waals surface area contributed by atoms with Crippen LogP contribution < -0.4 is 5.32 Å². The first-order valence-electron chi connectivity index (χ1n) is 7.39. The number of nitrogens with zero attached hydrogens (tertiary/aromatic N) is 1. The lowest BCUT2D eigenvalue weighted by molar-refractivity contribution is -0.126. The van der Waals surface area contributed by atoms with Gasteiger partial charge < -0.3 is 10.4 Å². The maximum Gasteiger partial charge on any atom is 0.335 e. The molecule has 0 aliphatic carbocycles. The first-order chi connectivity index (χ1) is 10.0. The molecule has 1 aromatic rings. The van der Waals surface area contributed by atoms with E-state index in [9.17, 15) is 9.59 Å². The molecule has 21 heavy (non-hydrogen) atoms. The Morgan fingerprint density at radius 3 is 2.81 bits per heavy atom. The number of benzene rings is 1. The Labute approximate surface area is 125 Å². The number of carbonyl (C=O) groups excluding carboxylic acids is 1. The van der Waals surface area contributed by atoms with Crippen LogP contribution >= 0.6 is 0 Å². The average molecular weight is 290 g/mol. The fourth-order valence-electron chi connectivity index (χ4n) is 2.60. The maximum atomic E-state index is 12.0. The molecule has 2 rings (SSSR count). The van der Waals surface area contributed by atoms with Crippen molar-refractivity contribution < 1.29 is 14.7 Å². The highest BCUT2D eigenvalue weighted by atomic mass is 16.4. The molecule has 1 amide bonds. The molecular formula is C16H22N2O3. The molecule has 0 radical (unpaired) electrons. The number of amides is 1. The van der Waals surface area contributed by atoms with E-state index in [1.54, 1.807) is 12.1 Å². The van der Waals surface area contributed by atoms with E-state index in [2.05, 4.69) is 10.2 Å². The third-order valence-electron chi connectivity index (χ3n) is 3.97. The van der Waals surface area contributed by atoms with Gasteiger partial charge in [0.1, 0.15) is 0 Å². The molecule has 0 saturated carbocycles. The molecule has 1 unspecified atom stereocenters. The molecule has 2 N–H and O–H groups in total. The van der Waals surface area contributed by atoms with Crippen LogP contribution in [0.25, 0.3) is 0 Å². The van der Waals surface area contributed by atoms with Crippen molar-refractivity contribution in [3.05, 3.63) is 34.9 Å². The molecule has 0 bridgehead atoms. The number of hydrogen-bond acceptors (Lipinski definition) is 3. The second-order valence-corrected chi connectivity index (χ2v) is 5.48. The van der Waals surface area contributed by atoms with Crippen molar-refractivity contribution in [3.8, 4) is 0 Å². The van der Waals surface area contributed by atoms with E-state index in [0.29, 0.717) is 18.7 Å². The minimum absolute atomic E-state index is 0.0367. The number of aromatic carboxylic acids is 1. The molecule has 1 aromatic carbocycles. The zero-order valence-electron chi connectivity index (χ0n) is 12.6. The predicted octanol–water partition coefficient (Wildman–Crippen LogP) is 1.66. The normalized spacial score (nSPS) is 16.1. The minimum Gasteiger partial charge on any atom is -0.478 e. The van der Waals surface area contributed by atoms with Crippen molar-refractivity contribution >= 4 is 11.9 Å². The zero-order chi connectivity index (χ0) is 15.4. The van der Waals surface area contributed by atoms with Gasteiger partial charge in [0.2, 0.25) is 5.91 Å². The molecule has 0 fully saturated rings. The van der Waals surface area contributed by atoms with Crippen molar-refractivity contribution in [2.45, 2.75) is 39.3 Å². The highest BCUT2D eigenvalue weighted by Gasteiger charge is 2.25. The Morgan fingerprint density at radius 2 is 2.14 bits per heavy atom. The van der Waals surface area contributed by atoms with Crippen LogP contribution in [0.4, 0.5) is 0 Å². The molecule has 1 aliphatic rings. The molecule has 0 saturated heterocycles. The van der Waals surface area contributed by atoms with Gasteiger partial charge in [-0.05, 0) is 43.0 Å². The van der Waals surface area contributed by atoms with Crippen LogP contribution in [-0.2, 0) is 17.8 Å². The Hall–Kier alpha value is -1.88. The monoisotopic (exact) mass is 290 g/mol. The summed E-state index contributed by atoms with van der Waals surface area (Å²) in [6.45, 7) is 6.06. The summed E-state index contributed by atoms with van der Waals surface area (Å²) < 4.78 is 0. The third kappa shape index (κ3) is 3.61. The van der Waals surface area contributed by atoms with E-state index in [4.69, 9.17) is 5.11 Å². The number of carboxylic acids is 1. The lowest BCUT2D eigenvalue weighted by Gasteiger charge is -2.33. The van der Waals surface area contributed by atoms with Crippen LogP contribution in [0.2, 0.25) is 0 Å². The van der Waals surface area contributed by atoms with Crippen molar-refractivity contribution in [1.82, 2.24) is 10.2 Å². The van der Waals surface area contributed by atoms with E-state index < -0.39 is 5.97 Å². The topological polar surface area (TPSA) is 69.6 Å². The highest BCUT2D eigenvalue weighted by Crippen LogP contribution is 2.22. The number of carboxylic acid groups (broad SMARTS) is 1. The second-order valence-electron chi connectivity index (χ2n) is 5.48. The van der Waals surface area contributed by atoms with Gasteiger partial charge in [-0.2, -0.15) is 0 Å². The SMILES string of the molecule is CCCNC(=O)C(C)N1CCc2ccc(C(=O)O)cc2C1. The van der Waals surface area contributed by atoms with E-state index in [0.717, 1.165) is 24.9 Å². The van der Waals surface area contributed by atoms with Gasteiger partial charge in [0.15, 0.2) is 0 Å². The molecule has 114 valence electrons. The summed E-state index contributed by atoms with van der Waals surface area (Å²) in [6.07, 6.45) is 1.77. The Balaban J connectivity index is 2.09. The van der Waals surface area contributed by atoms with Crippen LogP contribution in [-0.4, -0.2) is 41.0 Å². The van der Waals surface area contributed by atoms with Gasteiger partial charge in [-0.1, -0.05) is 13.0 Å². The van der Waals surface area contributed by atoms with Crippen molar-refractivity contribution in [2.75, 3.05) is 13.1 Å². The summed E-state index contributed by atoms with van der Waals surface area (Å²) in [7, 11) is 0. The molecule has 0 spiro atoms. The number of fused-ring (bicyclic) bond motifs is 1. The van der Waals surface area contributed by atoms with Crippen LogP contribution in [0.1, 0.15) is 41.8 Å². The Morgan fingerprint density at radius 1 is 1.38 bits per heavy atom. The van der Waals surface area contributed by atoms with Crippen LogP contribution in [0.15, 0.2) is 18.2 Å². The summed E-state index contributed by atoms with van der Waals surface area (Å²) in [5.41, 5.74) is 2.49. The summed E-state index contributed by atoms with van der Waals surface area (Å²) in [5, 5.41) is 12.0. The second kappa shape index (κ2) is 6.72. The van der Waals surface area contributed by atoms with Crippen LogP contribution in [0, 0.1) is 0 Å². The quantitative estimate of drug-likeness (QED) is 0.865. The lowest BCUT2D eigenvalue weighted by Crippen LogP contribution is -2.47. The third-order valence-corrected chi connectivity index (χ3v) is 3.97. The lowest BCUT2D eigenvalue weighted by atomic mass is 9.96. The molecule has 0 aromatic heterocycles. The van der Waals surface area contributed by atoms with Gasteiger partial charge in [-0.25, -0.2) is 4.79 Å². The van der Waals surface area contributed by atoms with Crippen molar-refractivity contribution in [1.29, 1.82) is 0 Å². The summed E-state index contributed by atoms with van der Waals surface area (Å²) >= 11 is 0. The first-order valence-corrected chi connectivity index (χ1v) is 7.39. The average Bonchev–Trinajstić information content (AvgIpc) is 2.50. The largest absolute Gasteiger partial charge is 0.478 e. The molecule has 1 atom stereocenters. The van der Waals surface area contributed by atoms with Gasteiger partial charge in [0, 0.05) is 19.6 Å². The standard InChI is InChI=1S/C16H22N2O3/c1-3-7-17-15(19)11(2)18-8-6-12-4-5-13(16(20)21)9-14(12)10-18/h4-5,9,11H,3,6-8,10H2,1-2H3,(H,17,19)(H,20,21). The van der Waals surface area contributed by atoms with E-state index in [-0.39, 0.29) is 11.9 Å². The highest BCUT2D eigenvalue weighted by molar-refractivity contribution is 5.88. The van der Waals surface area contributed by atoms with E-state index in [1.807, 2.05) is 19.9 Å². The first kappa shape index (κ1) is 15.5. The fraction of sp³-hybridized carbons (Fsp3) is 0.500. The molecule has 5 heteroatoms. The number of carbonyl (C=O) groups is 2. The van der Waals surface area contributed by atoms with Crippen LogP contribution in [0.5, 0.6) is 0 Å². The van der Waals surface area contributed by atoms with Gasteiger partial charge >= 0.3 is 5.97 Å². The summed E-state index contributed by atoms with van der Waals surface area (Å²) in [5.74, 6) is -0.877. The molecular weight excluding hydrogens is 268 g/mol. The number of hydrogen-bond donors (Lipinski definition) is 2. The van der Waals surface area contributed by atoms with Crippen LogP contribution in [0.3, 0.4) is 0 Å².